The molecule has 0 bridgehead atoms. The van der Waals surface area contributed by atoms with Crippen molar-refractivity contribution in [1.29, 1.82) is 0 Å². The van der Waals surface area contributed by atoms with Crippen LogP contribution in [0.1, 0.15) is 13.3 Å². The van der Waals surface area contributed by atoms with Crippen molar-refractivity contribution in [2.75, 3.05) is 32.2 Å². The Kier molecular flexibility index (Phi) is 5.85. The Morgan fingerprint density at radius 3 is 2.63 bits per heavy atom. The molecule has 5 heteroatoms. The van der Waals surface area contributed by atoms with Gasteiger partial charge in [0.1, 0.15) is 18.8 Å². The first-order valence-electron chi connectivity index (χ1n) is 6.10. The lowest BCUT2D eigenvalue weighted by Gasteiger charge is -2.13. The van der Waals surface area contributed by atoms with Crippen molar-refractivity contribution in [3.05, 3.63) is 24.3 Å². The van der Waals surface area contributed by atoms with Gasteiger partial charge in [-0.25, -0.2) is 0 Å². The molecule has 0 aliphatic heterocycles. The molecule has 0 heterocycles. The third-order valence-electron chi connectivity index (χ3n) is 2.38. The summed E-state index contributed by atoms with van der Waals surface area (Å²) in [6.45, 7) is 1.85. The summed E-state index contributed by atoms with van der Waals surface area (Å²) in [7, 11) is 3.84. The van der Waals surface area contributed by atoms with E-state index < -0.39 is 5.97 Å². The highest BCUT2D eigenvalue weighted by Gasteiger charge is 2.11. The number of Topliss-reactive ketones (excluding diaryl/α,β-unsaturated/α-hetero) is 1. The summed E-state index contributed by atoms with van der Waals surface area (Å²) < 4.78 is 10.0. The molecule has 0 atom stereocenters. The minimum atomic E-state index is -0.516. The van der Waals surface area contributed by atoms with Gasteiger partial charge in [0.15, 0.2) is 5.78 Å². The van der Waals surface area contributed by atoms with Crippen LogP contribution in [0.3, 0.4) is 0 Å². The van der Waals surface area contributed by atoms with Crippen molar-refractivity contribution < 1.29 is 19.1 Å². The number of carbonyl (C=O) groups excluding carboxylic acids is 2. The molecule has 104 valence electrons. The second-order valence-electron chi connectivity index (χ2n) is 4.20. The van der Waals surface area contributed by atoms with Gasteiger partial charge in [0.25, 0.3) is 0 Å². The monoisotopic (exact) mass is 265 g/mol. The number of ketones is 1. The predicted octanol–water partition coefficient (Wildman–Crippen LogP) is 1.65. The zero-order valence-corrected chi connectivity index (χ0v) is 11.5. The number of anilines is 1. The number of carbonyl (C=O) groups is 2. The Bertz CT molecular complexity index is 443. The van der Waals surface area contributed by atoms with E-state index in [0.29, 0.717) is 5.75 Å². The number of benzene rings is 1. The second kappa shape index (κ2) is 7.41. The molecule has 0 amide bonds. The fraction of sp³-hybridized carbons (Fsp3) is 0.429. The smallest absolute Gasteiger partial charge is 0.313 e. The lowest BCUT2D eigenvalue weighted by molar-refractivity contribution is -0.145. The highest BCUT2D eigenvalue weighted by Crippen LogP contribution is 2.19. The molecular formula is C14H19NO4. The first-order chi connectivity index (χ1) is 9.02. The molecule has 19 heavy (non-hydrogen) atoms. The van der Waals surface area contributed by atoms with E-state index in [1.807, 2.05) is 37.2 Å². The summed E-state index contributed by atoms with van der Waals surface area (Å²) in [4.78, 5) is 24.5. The molecule has 0 aromatic heterocycles. The van der Waals surface area contributed by atoms with E-state index in [1.165, 1.54) is 0 Å². The highest BCUT2D eigenvalue weighted by atomic mass is 16.5. The maximum Gasteiger partial charge on any atom is 0.313 e. The van der Waals surface area contributed by atoms with Crippen LogP contribution >= 0.6 is 0 Å². The maximum atomic E-state index is 11.5. The lowest BCUT2D eigenvalue weighted by Crippen LogP contribution is -2.17. The summed E-state index contributed by atoms with van der Waals surface area (Å²) in [5, 5.41) is 0. The van der Waals surface area contributed by atoms with Gasteiger partial charge in [0.05, 0.1) is 6.61 Å². The molecule has 5 nitrogen and oxygen atoms in total. The van der Waals surface area contributed by atoms with Crippen molar-refractivity contribution >= 4 is 17.4 Å². The third kappa shape index (κ3) is 5.42. The molecule has 0 spiro atoms. The van der Waals surface area contributed by atoms with Crippen molar-refractivity contribution in [3.8, 4) is 5.75 Å². The maximum absolute atomic E-state index is 11.5. The van der Waals surface area contributed by atoms with Gasteiger partial charge in [-0.1, -0.05) is 6.07 Å². The Labute approximate surface area is 113 Å². The van der Waals surface area contributed by atoms with Crippen LogP contribution in [0.25, 0.3) is 0 Å². The van der Waals surface area contributed by atoms with Crippen LogP contribution in [0.2, 0.25) is 0 Å². The van der Waals surface area contributed by atoms with Crippen LogP contribution in [-0.4, -0.2) is 39.1 Å². The minimum Gasteiger partial charge on any atom is -0.486 e. The molecule has 0 aliphatic rings. The highest BCUT2D eigenvalue weighted by molar-refractivity contribution is 5.96. The zero-order valence-electron chi connectivity index (χ0n) is 11.5. The van der Waals surface area contributed by atoms with Gasteiger partial charge in [0.2, 0.25) is 0 Å². The quantitative estimate of drug-likeness (QED) is 0.554. The molecule has 0 saturated heterocycles. The topological polar surface area (TPSA) is 55.8 Å². The van der Waals surface area contributed by atoms with Gasteiger partial charge in [-0.05, 0) is 19.1 Å². The van der Waals surface area contributed by atoms with Crippen LogP contribution in [0.4, 0.5) is 5.69 Å². The Balaban J connectivity index is 2.46. The molecule has 1 aromatic rings. The standard InChI is InChI=1S/C14H19NO4/c1-4-18-14(17)9-12(16)10-19-13-7-5-6-11(8-13)15(2)3/h5-8H,4,9-10H2,1-3H3. The summed E-state index contributed by atoms with van der Waals surface area (Å²) in [5.74, 6) is -0.213. The fourth-order valence-corrected chi connectivity index (χ4v) is 1.44. The van der Waals surface area contributed by atoms with Crippen LogP contribution in [0.15, 0.2) is 24.3 Å². The van der Waals surface area contributed by atoms with Crippen molar-refractivity contribution in [3.63, 3.8) is 0 Å². The second-order valence-corrected chi connectivity index (χ2v) is 4.20. The Morgan fingerprint density at radius 2 is 2.00 bits per heavy atom. The number of esters is 1. The zero-order chi connectivity index (χ0) is 14.3. The number of rotatable bonds is 7. The Hall–Kier alpha value is -2.04. The molecule has 1 aromatic carbocycles. The van der Waals surface area contributed by atoms with Gasteiger partial charge >= 0.3 is 5.97 Å². The van der Waals surface area contributed by atoms with Gasteiger partial charge in [-0.3, -0.25) is 9.59 Å². The summed E-state index contributed by atoms with van der Waals surface area (Å²) in [6.07, 6.45) is -0.249. The summed E-state index contributed by atoms with van der Waals surface area (Å²) in [6, 6.07) is 7.38. The van der Waals surface area contributed by atoms with E-state index >= 15 is 0 Å². The minimum absolute atomic E-state index is 0.129. The molecule has 0 N–H and O–H groups in total. The average molecular weight is 265 g/mol. The van der Waals surface area contributed by atoms with E-state index in [2.05, 4.69) is 0 Å². The van der Waals surface area contributed by atoms with Gasteiger partial charge in [-0.15, -0.1) is 0 Å². The van der Waals surface area contributed by atoms with Gasteiger partial charge < -0.3 is 14.4 Å². The number of ether oxygens (including phenoxy) is 2. The SMILES string of the molecule is CCOC(=O)CC(=O)COc1cccc(N(C)C)c1. The molecule has 0 radical (unpaired) electrons. The lowest BCUT2D eigenvalue weighted by atomic mass is 10.3. The molecule has 0 saturated carbocycles. The van der Waals surface area contributed by atoms with Crippen molar-refractivity contribution in [2.24, 2.45) is 0 Å². The van der Waals surface area contributed by atoms with E-state index in [9.17, 15) is 9.59 Å². The van der Waals surface area contributed by atoms with E-state index in [4.69, 9.17) is 9.47 Å². The first kappa shape index (κ1) is 15.0. The van der Waals surface area contributed by atoms with Crippen LogP contribution in [-0.2, 0) is 14.3 Å². The summed E-state index contributed by atoms with van der Waals surface area (Å²) >= 11 is 0. The van der Waals surface area contributed by atoms with Crippen LogP contribution in [0.5, 0.6) is 5.75 Å². The van der Waals surface area contributed by atoms with E-state index in [1.54, 1.807) is 13.0 Å². The normalized spacial score (nSPS) is 9.84. The Morgan fingerprint density at radius 1 is 1.26 bits per heavy atom. The van der Waals surface area contributed by atoms with Crippen molar-refractivity contribution in [1.82, 2.24) is 0 Å². The van der Waals surface area contributed by atoms with E-state index in [0.717, 1.165) is 5.69 Å². The predicted molar refractivity (Wildman–Crippen MR) is 72.5 cm³/mol. The van der Waals surface area contributed by atoms with Gasteiger partial charge in [0, 0.05) is 25.8 Å². The summed E-state index contributed by atoms with van der Waals surface area (Å²) in [5.41, 5.74) is 0.982. The largest absolute Gasteiger partial charge is 0.486 e. The third-order valence-corrected chi connectivity index (χ3v) is 2.38. The molecule has 0 fully saturated rings. The average Bonchev–Trinajstić information content (AvgIpc) is 2.37. The van der Waals surface area contributed by atoms with Gasteiger partial charge in [-0.2, -0.15) is 0 Å². The van der Waals surface area contributed by atoms with Crippen LogP contribution in [0, 0.1) is 0 Å². The number of hydrogen-bond acceptors (Lipinski definition) is 5. The molecule has 1 rings (SSSR count). The fourth-order valence-electron chi connectivity index (χ4n) is 1.44. The molecule has 0 unspecified atom stereocenters. The molecular weight excluding hydrogens is 246 g/mol. The number of hydrogen-bond donors (Lipinski definition) is 0. The number of nitrogens with zero attached hydrogens (tertiary/aromatic N) is 1. The first-order valence-corrected chi connectivity index (χ1v) is 6.10. The van der Waals surface area contributed by atoms with E-state index in [-0.39, 0.29) is 25.4 Å². The molecule has 0 aliphatic carbocycles. The van der Waals surface area contributed by atoms with Crippen molar-refractivity contribution in [2.45, 2.75) is 13.3 Å². The van der Waals surface area contributed by atoms with Crippen LogP contribution < -0.4 is 9.64 Å².